The van der Waals surface area contributed by atoms with Crippen LogP contribution in [0, 0.1) is 0 Å². The van der Waals surface area contributed by atoms with Crippen molar-refractivity contribution in [3.8, 4) is 0 Å². The van der Waals surface area contributed by atoms with Crippen LogP contribution in [0.5, 0.6) is 0 Å². The lowest BCUT2D eigenvalue weighted by Gasteiger charge is -2.22. The Hall–Kier alpha value is -0.913. The highest BCUT2D eigenvalue weighted by atomic mass is 35.5. The number of hydrogen-bond donors (Lipinski definition) is 0. The minimum Gasteiger partial charge on any atom is -0.544 e. The molecule has 7 heteroatoms. The number of rotatable bonds is 5. The van der Waals surface area contributed by atoms with E-state index in [1.807, 2.05) is 19.6 Å². The van der Waals surface area contributed by atoms with E-state index in [9.17, 15) is 13.6 Å². The Labute approximate surface area is 127 Å². The zero-order chi connectivity index (χ0) is 15.6. The Kier molecular flexibility index (Phi) is 5.35. The number of halogens is 4. The molecule has 0 saturated carbocycles. The predicted molar refractivity (Wildman–Crippen MR) is 79.7 cm³/mol. The molecule has 2 nitrogen and oxygen atoms in total. The molecule has 0 saturated heterocycles. The van der Waals surface area contributed by atoms with E-state index in [-0.39, 0.29) is 5.76 Å². The summed E-state index contributed by atoms with van der Waals surface area (Å²) in [5.41, 5.74) is 0.492. The first-order valence-electron chi connectivity index (χ1n) is 5.77. The molecule has 0 aliphatic heterocycles. The molecule has 0 atom stereocenters. The van der Waals surface area contributed by atoms with Crippen molar-refractivity contribution in [3.05, 3.63) is 40.9 Å². The maximum atomic E-state index is 12.8. The summed E-state index contributed by atoms with van der Waals surface area (Å²) in [6, 6.07) is 6.35. The van der Waals surface area contributed by atoms with Crippen molar-refractivity contribution >= 4 is 43.1 Å². The van der Waals surface area contributed by atoms with E-state index in [2.05, 4.69) is 0 Å². The van der Waals surface area contributed by atoms with E-state index in [4.69, 9.17) is 27.6 Å². The van der Waals surface area contributed by atoms with Gasteiger partial charge in [-0.2, -0.15) is 8.78 Å². The molecule has 0 fully saturated rings. The second-order valence-corrected chi connectivity index (χ2v) is 10.4. The van der Waals surface area contributed by atoms with Crippen molar-refractivity contribution in [2.45, 2.75) is 25.0 Å². The van der Waals surface area contributed by atoms with E-state index in [0.717, 1.165) is 6.08 Å². The topological polar surface area (TPSA) is 26.3 Å². The maximum Gasteiger partial charge on any atom is 0.384 e. The van der Waals surface area contributed by atoms with E-state index in [1.165, 1.54) is 0 Å². The van der Waals surface area contributed by atoms with Crippen molar-refractivity contribution in [1.29, 1.82) is 0 Å². The number of benzene rings is 1. The molecule has 0 N–H and O–H groups in total. The number of hydrogen-bond acceptors (Lipinski definition) is 2. The Bertz CT molecular complexity index is 517. The van der Waals surface area contributed by atoms with Crippen LogP contribution in [0.1, 0.15) is 5.56 Å². The maximum absolute atomic E-state index is 12.8. The van der Waals surface area contributed by atoms with Crippen molar-refractivity contribution in [2.75, 3.05) is 0 Å². The molecular weight excluding hydrogens is 325 g/mol. The lowest BCUT2D eigenvalue weighted by atomic mass is 10.1. The van der Waals surface area contributed by atoms with Crippen LogP contribution in [0.25, 0.3) is 5.76 Å². The van der Waals surface area contributed by atoms with Gasteiger partial charge in [-0.15, -0.1) is 0 Å². The van der Waals surface area contributed by atoms with Gasteiger partial charge in [-0.05, 0) is 55.5 Å². The second-order valence-electron chi connectivity index (χ2n) is 5.09. The molecule has 0 radical (unpaired) electrons. The van der Waals surface area contributed by atoms with Crippen LogP contribution in [0.4, 0.5) is 8.78 Å². The fourth-order valence-corrected chi connectivity index (χ4v) is 2.33. The van der Waals surface area contributed by atoms with Gasteiger partial charge in [0, 0.05) is 16.7 Å². The highest BCUT2D eigenvalue weighted by Gasteiger charge is 2.34. The van der Waals surface area contributed by atoms with E-state index < -0.39 is 19.5 Å². The minimum atomic E-state index is -3.94. The van der Waals surface area contributed by atoms with Gasteiger partial charge < -0.3 is 4.43 Å². The third kappa shape index (κ3) is 5.61. The van der Waals surface area contributed by atoms with Crippen molar-refractivity contribution in [1.82, 2.24) is 0 Å². The molecule has 0 aromatic heterocycles. The van der Waals surface area contributed by atoms with Crippen molar-refractivity contribution in [2.24, 2.45) is 0 Å². The van der Waals surface area contributed by atoms with Gasteiger partial charge in [0.05, 0.1) is 0 Å². The van der Waals surface area contributed by atoms with Crippen LogP contribution in [-0.2, 0) is 9.22 Å². The number of allylic oxidation sites excluding steroid dienone is 1. The summed E-state index contributed by atoms with van der Waals surface area (Å²) in [6.45, 7) is 5.63. The zero-order valence-electron chi connectivity index (χ0n) is 11.2. The van der Waals surface area contributed by atoms with Gasteiger partial charge in [0.25, 0.3) is 0 Å². The van der Waals surface area contributed by atoms with Crippen LogP contribution in [0.15, 0.2) is 30.3 Å². The Morgan fingerprint density at radius 1 is 1.25 bits per heavy atom. The van der Waals surface area contributed by atoms with Gasteiger partial charge in [-0.25, -0.2) is 0 Å². The van der Waals surface area contributed by atoms with Gasteiger partial charge in [0.15, 0.2) is 0 Å². The second kappa shape index (κ2) is 6.24. The third-order valence-corrected chi connectivity index (χ3v) is 3.36. The third-order valence-electron chi connectivity index (χ3n) is 2.09. The van der Waals surface area contributed by atoms with Gasteiger partial charge in [-0.1, -0.05) is 11.6 Å². The van der Waals surface area contributed by atoms with Gasteiger partial charge in [0.2, 0.25) is 14.1 Å². The number of carbonyl (C=O) groups is 1. The molecule has 0 heterocycles. The van der Waals surface area contributed by atoms with E-state index >= 15 is 0 Å². The van der Waals surface area contributed by atoms with Gasteiger partial charge in [-0.3, -0.25) is 4.79 Å². The molecular formula is C13H14Cl2F2O2Si. The predicted octanol–water partition coefficient (Wildman–Crippen LogP) is 4.93. The monoisotopic (exact) mass is 338 g/mol. The molecule has 0 aliphatic carbocycles. The fraction of sp³-hybridized carbons (Fsp3) is 0.308. The highest BCUT2D eigenvalue weighted by Crippen LogP contribution is 2.26. The minimum absolute atomic E-state index is 0.0751. The molecule has 1 aromatic rings. The normalized spacial score (nSPS) is 13.2. The first kappa shape index (κ1) is 17.1. The first-order chi connectivity index (χ1) is 8.99. The molecule has 0 amide bonds. The Morgan fingerprint density at radius 2 is 1.75 bits per heavy atom. The molecule has 0 spiro atoms. The molecule has 0 bridgehead atoms. The standard InChI is InChI=1S/C13H14Cl2F2O2Si/c1-20(2,3)19-11(8-12(18)13(15,16)17)9-4-6-10(14)7-5-9/h4-8H,1-3H3/b11-8-. The number of alkyl halides is 3. The van der Waals surface area contributed by atoms with Crippen LogP contribution in [-0.4, -0.2) is 19.5 Å². The summed E-state index contributed by atoms with van der Waals surface area (Å²) in [5, 5.41) is -3.45. The van der Waals surface area contributed by atoms with Crippen LogP contribution < -0.4 is 0 Å². The van der Waals surface area contributed by atoms with E-state index in [0.29, 0.717) is 10.6 Å². The smallest absolute Gasteiger partial charge is 0.384 e. The summed E-state index contributed by atoms with van der Waals surface area (Å²) >= 11 is 10.5. The lowest BCUT2D eigenvalue weighted by Crippen LogP contribution is -2.26. The zero-order valence-corrected chi connectivity index (χ0v) is 13.7. The van der Waals surface area contributed by atoms with Crippen LogP contribution in [0.3, 0.4) is 0 Å². The van der Waals surface area contributed by atoms with Crippen molar-refractivity contribution < 1.29 is 18.0 Å². The van der Waals surface area contributed by atoms with Crippen LogP contribution >= 0.6 is 23.2 Å². The molecule has 110 valence electrons. The van der Waals surface area contributed by atoms with E-state index in [1.54, 1.807) is 24.3 Å². The highest BCUT2D eigenvalue weighted by molar-refractivity contribution is 6.70. The van der Waals surface area contributed by atoms with Crippen LogP contribution in [0.2, 0.25) is 24.7 Å². The summed E-state index contributed by atoms with van der Waals surface area (Å²) in [4.78, 5) is 11.4. The lowest BCUT2D eigenvalue weighted by molar-refractivity contribution is -0.128. The summed E-state index contributed by atoms with van der Waals surface area (Å²) in [7, 11) is -2.08. The number of carbonyl (C=O) groups excluding carboxylic acids is 1. The first-order valence-corrected chi connectivity index (χ1v) is 9.93. The van der Waals surface area contributed by atoms with Gasteiger partial charge in [0.1, 0.15) is 5.76 Å². The summed E-state index contributed by atoms with van der Waals surface area (Å²) < 4.78 is 31.3. The molecule has 0 unspecified atom stereocenters. The summed E-state index contributed by atoms with van der Waals surface area (Å²) in [5.74, 6) is -1.44. The Balaban J connectivity index is 3.18. The largest absolute Gasteiger partial charge is 0.544 e. The SMILES string of the molecule is C[Si](C)(C)O/C(=C\C(=O)C(F)(F)Cl)c1ccc(Cl)cc1. The average Bonchev–Trinajstić information content (AvgIpc) is 2.25. The Morgan fingerprint density at radius 3 is 2.15 bits per heavy atom. The molecule has 0 aliphatic rings. The molecule has 1 aromatic carbocycles. The average molecular weight is 339 g/mol. The van der Waals surface area contributed by atoms with Gasteiger partial charge >= 0.3 is 5.38 Å². The quantitative estimate of drug-likeness (QED) is 0.329. The van der Waals surface area contributed by atoms with Crippen molar-refractivity contribution in [3.63, 3.8) is 0 Å². The molecule has 1 rings (SSSR count). The number of ketones is 1. The fourth-order valence-electron chi connectivity index (χ4n) is 1.32. The molecule has 20 heavy (non-hydrogen) atoms. The summed E-state index contributed by atoms with van der Waals surface area (Å²) in [6.07, 6.45) is 0.731.